The van der Waals surface area contributed by atoms with Crippen molar-refractivity contribution in [3.8, 4) is 0 Å². The molecule has 29 heavy (non-hydrogen) atoms. The molecule has 6 nitrogen and oxygen atoms in total. The summed E-state index contributed by atoms with van der Waals surface area (Å²) in [7, 11) is 0. The molecule has 2 amide bonds. The second-order valence-corrected chi connectivity index (χ2v) is 8.86. The van der Waals surface area contributed by atoms with Crippen LogP contribution in [0.15, 0.2) is 18.2 Å². The number of hydrogen-bond donors (Lipinski definition) is 2. The van der Waals surface area contributed by atoms with Gasteiger partial charge in [0, 0.05) is 45.2 Å². The minimum absolute atomic E-state index is 0.103. The average molecular weight is 444 g/mol. The minimum atomic E-state index is -0.657. The van der Waals surface area contributed by atoms with Crippen LogP contribution in [-0.4, -0.2) is 71.6 Å². The molecule has 0 spiro atoms. The number of nitrogens with zero attached hydrogens (tertiary/aromatic N) is 2. The first-order chi connectivity index (χ1) is 13.7. The molecule has 8 heteroatoms. The van der Waals surface area contributed by atoms with Crippen LogP contribution in [0.4, 0.5) is 0 Å². The van der Waals surface area contributed by atoms with Crippen molar-refractivity contribution in [2.45, 2.75) is 45.8 Å². The number of nitrogens with one attached hydrogen (secondary N) is 1. The van der Waals surface area contributed by atoms with Crippen molar-refractivity contribution in [1.29, 1.82) is 0 Å². The lowest BCUT2D eigenvalue weighted by Gasteiger charge is -2.35. The van der Waals surface area contributed by atoms with E-state index in [1.807, 2.05) is 4.90 Å². The number of piperazine rings is 1. The Balaban J connectivity index is 1.91. The van der Waals surface area contributed by atoms with Gasteiger partial charge in [-0.15, -0.1) is 0 Å². The molecule has 1 aromatic carbocycles. The summed E-state index contributed by atoms with van der Waals surface area (Å²) in [5, 5.41) is 14.4. The van der Waals surface area contributed by atoms with E-state index in [1.165, 1.54) is 6.07 Å². The van der Waals surface area contributed by atoms with Crippen LogP contribution in [0.5, 0.6) is 0 Å². The van der Waals surface area contributed by atoms with Crippen LogP contribution < -0.4 is 5.32 Å². The van der Waals surface area contributed by atoms with E-state index in [9.17, 15) is 14.7 Å². The van der Waals surface area contributed by atoms with E-state index in [4.69, 9.17) is 23.2 Å². The lowest BCUT2D eigenvalue weighted by molar-refractivity contribution is -0.130. The third kappa shape index (κ3) is 7.45. The predicted molar refractivity (Wildman–Crippen MR) is 116 cm³/mol. The molecule has 0 radical (unpaired) electrons. The van der Waals surface area contributed by atoms with Crippen LogP contribution in [0.25, 0.3) is 0 Å². The summed E-state index contributed by atoms with van der Waals surface area (Å²) >= 11 is 11.9. The number of aliphatic hydroxyl groups is 1. The van der Waals surface area contributed by atoms with Crippen LogP contribution in [0.3, 0.4) is 0 Å². The van der Waals surface area contributed by atoms with Crippen molar-refractivity contribution in [3.05, 3.63) is 33.8 Å². The van der Waals surface area contributed by atoms with Crippen LogP contribution in [0.1, 0.15) is 44.0 Å². The number of hydrogen-bond acceptors (Lipinski definition) is 4. The van der Waals surface area contributed by atoms with E-state index in [2.05, 4.69) is 24.1 Å². The molecule has 0 aliphatic carbocycles. The third-order valence-electron chi connectivity index (χ3n) is 5.25. The molecule has 0 bridgehead atoms. The van der Waals surface area contributed by atoms with Crippen LogP contribution in [0, 0.1) is 5.92 Å². The SMILES string of the molecule is CC(=O)N1CCN(CCC(O)[C@H](CC(C)C)NC(=O)c2ccc(Cl)c(Cl)c2)CC1. The molecule has 1 fully saturated rings. The third-order valence-corrected chi connectivity index (χ3v) is 5.99. The van der Waals surface area contributed by atoms with Crippen LogP contribution in [0.2, 0.25) is 10.0 Å². The summed E-state index contributed by atoms with van der Waals surface area (Å²) < 4.78 is 0. The first-order valence-electron chi connectivity index (χ1n) is 10.1. The summed E-state index contributed by atoms with van der Waals surface area (Å²) in [5.74, 6) is 0.151. The van der Waals surface area contributed by atoms with Crippen molar-refractivity contribution in [2.75, 3.05) is 32.7 Å². The molecule has 0 aromatic heterocycles. The summed E-state index contributed by atoms with van der Waals surface area (Å²) in [6.45, 7) is 9.48. The maximum Gasteiger partial charge on any atom is 0.251 e. The van der Waals surface area contributed by atoms with Crippen molar-refractivity contribution in [1.82, 2.24) is 15.1 Å². The zero-order chi connectivity index (χ0) is 21.6. The van der Waals surface area contributed by atoms with Gasteiger partial charge in [-0.3, -0.25) is 14.5 Å². The van der Waals surface area contributed by atoms with Crippen LogP contribution >= 0.6 is 23.2 Å². The van der Waals surface area contributed by atoms with Gasteiger partial charge < -0.3 is 15.3 Å². The van der Waals surface area contributed by atoms with Gasteiger partial charge in [-0.05, 0) is 37.0 Å². The lowest BCUT2D eigenvalue weighted by Crippen LogP contribution is -2.50. The topological polar surface area (TPSA) is 72.9 Å². The number of carbonyl (C=O) groups is 2. The van der Waals surface area contributed by atoms with E-state index >= 15 is 0 Å². The molecule has 1 aliphatic rings. The number of amides is 2. The average Bonchev–Trinajstić information content (AvgIpc) is 2.67. The fraction of sp³-hybridized carbons (Fsp3) is 0.619. The highest BCUT2D eigenvalue weighted by atomic mass is 35.5. The highest BCUT2D eigenvalue weighted by molar-refractivity contribution is 6.42. The van der Waals surface area contributed by atoms with Gasteiger partial charge >= 0.3 is 0 Å². The molecule has 1 saturated heterocycles. The lowest BCUT2D eigenvalue weighted by atomic mass is 9.96. The molecule has 1 heterocycles. The molecular weight excluding hydrogens is 413 g/mol. The second-order valence-electron chi connectivity index (χ2n) is 8.04. The van der Waals surface area contributed by atoms with Gasteiger partial charge in [0.15, 0.2) is 0 Å². The van der Waals surface area contributed by atoms with Gasteiger partial charge in [0.25, 0.3) is 5.91 Å². The second kappa shape index (κ2) is 11.2. The molecule has 2 rings (SSSR count). The highest BCUT2D eigenvalue weighted by Gasteiger charge is 2.25. The Kier molecular flexibility index (Phi) is 9.21. The molecular formula is C21H31Cl2N3O3. The maximum absolute atomic E-state index is 12.6. The molecule has 1 aromatic rings. The Morgan fingerprint density at radius 1 is 1.14 bits per heavy atom. The molecule has 2 atom stereocenters. The number of halogens is 2. The predicted octanol–water partition coefficient (Wildman–Crippen LogP) is 3.05. The van der Waals surface area contributed by atoms with Gasteiger partial charge in [0.05, 0.1) is 22.2 Å². The number of rotatable bonds is 8. The first kappa shape index (κ1) is 23.9. The Labute approximate surface area is 183 Å². The molecule has 0 saturated carbocycles. The molecule has 2 N–H and O–H groups in total. The monoisotopic (exact) mass is 443 g/mol. The largest absolute Gasteiger partial charge is 0.391 e. The van der Waals surface area contributed by atoms with Gasteiger partial charge in [-0.1, -0.05) is 37.0 Å². The van der Waals surface area contributed by atoms with Crippen LogP contribution in [-0.2, 0) is 4.79 Å². The van der Waals surface area contributed by atoms with Crippen molar-refractivity contribution in [2.24, 2.45) is 5.92 Å². The Bertz CT molecular complexity index is 706. The molecule has 162 valence electrons. The summed E-state index contributed by atoms with van der Waals surface area (Å²) in [5.41, 5.74) is 0.417. The van der Waals surface area contributed by atoms with E-state index in [0.29, 0.717) is 34.4 Å². The van der Waals surface area contributed by atoms with Crippen molar-refractivity contribution < 1.29 is 14.7 Å². The summed E-state index contributed by atoms with van der Waals surface area (Å²) in [6.07, 6.45) is 0.570. The smallest absolute Gasteiger partial charge is 0.251 e. The number of aliphatic hydroxyl groups excluding tert-OH is 1. The number of carbonyl (C=O) groups excluding carboxylic acids is 2. The van der Waals surface area contributed by atoms with E-state index < -0.39 is 6.10 Å². The van der Waals surface area contributed by atoms with E-state index in [-0.39, 0.29) is 17.9 Å². The van der Waals surface area contributed by atoms with E-state index in [0.717, 1.165) is 32.7 Å². The molecule has 1 unspecified atom stereocenters. The normalized spacial score (nSPS) is 17.3. The van der Waals surface area contributed by atoms with Gasteiger partial charge in [0.1, 0.15) is 0 Å². The zero-order valence-electron chi connectivity index (χ0n) is 17.3. The van der Waals surface area contributed by atoms with E-state index in [1.54, 1.807) is 19.1 Å². The highest BCUT2D eigenvalue weighted by Crippen LogP contribution is 2.23. The zero-order valence-corrected chi connectivity index (χ0v) is 18.8. The minimum Gasteiger partial charge on any atom is -0.391 e. The standard InChI is InChI=1S/C21H31Cl2N3O3/c1-14(2)12-19(24-21(29)16-4-5-17(22)18(23)13-16)20(28)6-7-25-8-10-26(11-9-25)15(3)27/h4-5,13-14,19-20,28H,6-12H2,1-3H3,(H,24,29)/t19-,20?/m0/s1. The van der Waals surface area contributed by atoms with Crippen molar-refractivity contribution in [3.63, 3.8) is 0 Å². The number of benzene rings is 1. The first-order valence-corrected chi connectivity index (χ1v) is 10.8. The summed E-state index contributed by atoms with van der Waals surface area (Å²) in [4.78, 5) is 28.2. The molecule has 1 aliphatic heterocycles. The van der Waals surface area contributed by atoms with Gasteiger partial charge in [0.2, 0.25) is 5.91 Å². The quantitative estimate of drug-likeness (QED) is 0.647. The van der Waals surface area contributed by atoms with Crippen molar-refractivity contribution >= 4 is 35.0 Å². The van der Waals surface area contributed by atoms with Gasteiger partial charge in [-0.25, -0.2) is 0 Å². The Hall–Kier alpha value is -1.34. The Morgan fingerprint density at radius 2 is 1.79 bits per heavy atom. The van der Waals surface area contributed by atoms with Gasteiger partial charge in [-0.2, -0.15) is 0 Å². The fourth-order valence-corrected chi connectivity index (χ4v) is 3.81. The fourth-order valence-electron chi connectivity index (χ4n) is 3.51. The maximum atomic E-state index is 12.6. The summed E-state index contributed by atoms with van der Waals surface area (Å²) in [6, 6.07) is 4.40. The Morgan fingerprint density at radius 3 is 2.34 bits per heavy atom.